The molecule has 0 aliphatic rings. The van der Waals surface area contributed by atoms with E-state index >= 15 is 0 Å². The molecule has 1 heterocycles. The molecule has 8 heteroatoms. The molecule has 1 amide bonds. The van der Waals surface area contributed by atoms with E-state index in [1.165, 1.54) is 11.8 Å². The second-order valence-corrected chi connectivity index (χ2v) is 7.79. The van der Waals surface area contributed by atoms with Crippen molar-refractivity contribution in [3.63, 3.8) is 0 Å². The molecule has 0 bridgehead atoms. The predicted octanol–water partition coefficient (Wildman–Crippen LogP) is 5.50. The zero-order valence-corrected chi connectivity index (χ0v) is 16.6. The third-order valence-electron chi connectivity index (χ3n) is 3.60. The lowest BCUT2D eigenvalue weighted by molar-refractivity contribution is -0.113. The van der Waals surface area contributed by atoms with Crippen molar-refractivity contribution in [2.24, 2.45) is 0 Å². The Morgan fingerprint density at radius 1 is 1.07 bits per heavy atom. The number of benzene rings is 2. The summed E-state index contributed by atoms with van der Waals surface area (Å²) < 4.78 is 24.7. The van der Waals surface area contributed by atoms with Gasteiger partial charge in [-0.2, -0.15) is 8.78 Å². The molecule has 0 atom stereocenters. The summed E-state index contributed by atoms with van der Waals surface area (Å²) in [5.74, 6) is -2.54. The zero-order valence-electron chi connectivity index (χ0n) is 14.9. The first-order valence-corrected chi connectivity index (χ1v) is 10.2. The molecule has 0 radical (unpaired) electrons. The fourth-order valence-corrected chi connectivity index (χ4v) is 3.61. The monoisotopic (exact) mass is 417 g/mol. The number of alkyl halides is 2. The minimum Gasteiger partial charge on any atom is -0.325 e. The first kappa shape index (κ1) is 20.3. The second kappa shape index (κ2) is 9.66. The van der Waals surface area contributed by atoms with Crippen molar-refractivity contribution in [1.82, 2.24) is 9.97 Å². The molecule has 0 aliphatic carbocycles. The van der Waals surface area contributed by atoms with Gasteiger partial charge in [-0.05, 0) is 37.3 Å². The Kier molecular flexibility index (Phi) is 7.00. The second-order valence-electron chi connectivity index (χ2n) is 5.78. The molecule has 0 saturated heterocycles. The van der Waals surface area contributed by atoms with E-state index in [4.69, 9.17) is 0 Å². The van der Waals surface area contributed by atoms with Gasteiger partial charge < -0.3 is 5.32 Å². The van der Waals surface area contributed by atoms with E-state index in [9.17, 15) is 13.6 Å². The smallest absolute Gasteiger partial charge is 0.288 e. The largest absolute Gasteiger partial charge is 0.325 e. The van der Waals surface area contributed by atoms with Gasteiger partial charge in [-0.15, -0.1) is 0 Å². The highest BCUT2D eigenvalue weighted by Crippen LogP contribution is 2.26. The van der Waals surface area contributed by atoms with Gasteiger partial charge in [0.05, 0.1) is 11.4 Å². The number of thioether (sulfide) groups is 2. The van der Waals surface area contributed by atoms with E-state index in [1.807, 2.05) is 43.3 Å². The number of anilines is 1. The van der Waals surface area contributed by atoms with Gasteiger partial charge in [-0.1, -0.05) is 53.9 Å². The number of hydrogen-bond acceptors (Lipinski definition) is 5. The number of aromatic nitrogens is 2. The Morgan fingerprint density at radius 2 is 1.79 bits per heavy atom. The molecule has 1 aromatic heterocycles. The Bertz CT molecular complexity index is 938. The predicted molar refractivity (Wildman–Crippen MR) is 110 cm³/mol. The maximum atomic E-state index is 12.3. The summed E-state index contributed by atoms with van der Waals surface area (Å²) in [5, 5.41) is 3.27. The molecule has 0 saturated carbocycles. The Labute approximate surface area is 170 Å². The average Bonchev–Trinajstić information content (AvgIpc) is 2.68. The van der Waals surface area contributed by atoms with E-state index in [2.05, 4.69) is 15.3 Å². The molecule has 1 N–H and O–H groups in total. The molecular weight excluding hydrogens is 400 g/mol. The van der Waals surface area contributed by atoms with Gasteiger partial charge in [-0.25, -0.2) is 9.97 Å². The molecule has 0 unspecified atom stereocenters. The third-order valence-corrected chi connectivity index (χ3v) is 5.17. The number of nitrogens with zero attached hydrogens (tertiary/aromatic N) is 2. The summed E-state index contributed by atoms with van der Waals surface area (Å²) in [7, 11) is 0. The van der Waals surface area contributed by atoms with E-state index in [0.29, 0.717) is 27.5 Å². The summed E-state index contributed by atoms with van der Waals surface area (Å²) in [6, 6.07) is 18.0. The lowest BCUT2D eigenvalue weighted by Crippen LogP contribution is -2.14. The van der Waals surface area contributed by atoms with Crippen molar-refractivity contribution in [3.8, 4) is 11.3 Å². The first-order chi connectivity index (χ1) is 13.5. The molecule has 4 nitrogen and oxygen atoms in total. The summed E-state index contributed by atoms with van der Waals surface area (Å²) in [5.41, 5.74) is 3.17. The molecule has 144 valence electrons. The molecule has 3 rings (SSSR count). The fraction of sp³-hybridized carbons (Fsp3) is 0.150. The molecule has 3 aromatic rings. The van der Waals surface area contributed by atoms with Crippen molar-refractivity contribution in [2.45, 2.75) is 22.7 Å². The maximum Gasteiger partial charge on any atom is 0.288 e. The number of hydrogen-bond donors (Lipinski definition) is 1. The average molecular weight is 418 g/mol. The normalized spacial score (nSPS) is 10.9. The number of carbonyl (C=O) groups is 1. The summed E-state index contributed by atoms with van der Waals surface area (Å²) in [6.07, 6.45) is 0. The van der Waals surface area contributed by atoms with Crippen LogP contribution in [0.1, 0.15) is 5.69 Å². The summed E-state index contributed by atoms with van der Waals surface area (Å²) in [4.78, 5) is 21.5. The number of rotatable bonds is 7. The van der Waals surface area contributed by atoms with Crippen LogP contribution in [0.15, 0.2) is 70.7 Å². The van der Waals surface area contributed by atoms with Gasteiger partial charge in [-0.3, -0.25) is 4.79 Å². The zero-order chi connectivity index (χ0) is 19.9. The van der Waals surface area contributed by atoms with E-state index < -0.39 is 5.76 Å². The van der Waals surface area contributed by atoms with E-state index in [0.717, 1.165) is 17.0 Å². The van der Waals surface area contributed by atoms with Crippen molar-refractivity contribution in [3.05, 3.63) is 66.4 Å². The van der Waals surface area contributed by atoms with Crippen LogP contribution in [0.5, 0.6) is 0 Å². The highest BCUT2D eigenvalue weighted by Gasteiger charge is 2.10. The van der Waals surface area contributed by atoms with Gasteiger partial charge in [0.2, 0.25) is 5.91 Å². The highest BCUT2D eigenvalue weighted by molar-refractivity contribution is 8.00. The molecule has 0 spiro atoms. The minimum atomic E-state index is -2.47. The van der Waals surface area contributed by atoms with Crippen LogP contribution < -0.4 is 5.32 Å². The van der Waals surface area contributed by atoms with Crippen molar-refractivity contribution < 1.29 is 13.6 Å². The van der Waals surface area contributed by atoms with Crippen molar-refractivity contribution in [2.75, 3.05) is 11.1 Å². The standard InChI is InChI=1S/C20H17F2N3OS2/c1-13-11-17(14-5-3-2-4-6-14)25-20(23-13)27-12-18(26)24-15-7-9-16(10-8-15)28-19(21)22/h2-11,19H,12H2,1H3,(H,24,26). The van der Waals surface area contributed by atoms with Crippen LogP contribution in [0.3, 0.4) is 0 Å². The summed E-state index contributed by atoms with van der Waals surface area (Å²) in [6.45, 7) is 1.89. The Morgan fingerprint density at radius 3 is 2.46 bits per heavy atom. The van der Waals surface area contributed by atoms with Crippen LogP contribution in [0.4, 0.5) is 14.5 Å². The van der Waals surface area contributed by atoms with Crippen LogP contribution in [0.25, 0.3) is 11.3 Å². The van der Waals surface area contributed by atoms with Crippen LogP contribution in [0, 0.1) is 6.92 Å². The molecule has 28 heavy (non-hydrogen) atoms. The van der Waals surface area contributed by atoms with Crippen molar-refractivity contribution >= 4 is 35.1 Å². The fourth-order valence-electron chi connectivity index (χ4n) is 2.41. The van der Waals surface area contributed by atoms with Crippen molar-refractivity contribution in [1.29, 1.82) is 0 Å². The SMILES string of the molecule is Cc1cc(-c2ccccc2)nc(SCC(=O)Nc2ccc(SC(F)F)cc2)n1. The van der Waals surface area contributed by atoms with E-state index in [-0.39, 0.29) is 11.7 Å². The highest BCUT2D eigenvalue weighted by atomic mass is 32.2. The topological polar surface area (TPSA) is 54.9 Å². The summed E-state index contributed by atoms with van der Waals surface area (Å²) >= 11 is 1.71. The third kappa shape index (κ3) is 6.03. The van der Waals surface area contributed by atoms with Gasteiger partial charge in [0.25, 0.3) is 5.76 Å². The van der Waals surface area contributed by atoms with Gasteiger partial charge in [0.1, 0.15) is 0 Å². The maximum absolute atomic E-state index is 12.3. The molecular formula is C20H17F2N3OS2. The van der Waals surface area contributed by atoms with Crippen LogP contribution in [-0.2, 0) is 4.79 Å². The molecule has 0 fully saturated rings. The lowest BCUT2D eigenvalue weighted by atomic mass is 10.1. The van der Waals surface area contributed by atoms with Crippen LogP contribution in [0.2, 0.25) is 0 Å². The quantitative estimate of drug-likeness (QED) is 0.406. The molecule has 2 aromatic carbocycles. The number of amides is 1. The van der Waals surface area contributed by atoms with Crippen LogP contribution >= 0.6 is 23.5 Å². The first-order valence-electron chi connectivity index (χ1n) is 8.38. The van der Waals surface area contributed by atoms with E-state index in [1.54, 1.807) is 24.3 Å². The molecule has 0 aliphatic heterocycles. The van der Waals surface area contributed by atoms with Gasteiger partial charge >= 0.3 is 0 Å². The minimum absolute atomic E-state index is 0.144. The Hall–Kier alpha value is -2.45. The van der Waals surface area contributed by atoms with Crippen LogP contribution in [-0.4, -0.2) is 27.4 Å². The number of halogens is 2. The van der Waals surface area contributed by atoms with Gasteiger partial charge in [0.15, 0.2) is 5.16 Å². The van der Waals surface area contributed by atoms with Gasteiger partial charge in [0, 0.05) is 21.8 Å². The number of aryl methyl sites for hydroxylation is 1. The Balaban J connectivity index is 1.59. The number of carbonyl (C=O) groups excluding carboxylic acids is 1. The lowest BCUT2D eigenvalue weighted by Gasteiger charge is -2.07. The number of nitrogens with one attached hydrogen (secondary N) is 1.